The predicted octanol–water partition coefficient (Wildman–Crippen LogP) is 4.25. The van der Waals surface area contributed by atoms with Gasteiger partial charge in [0, 0.05) is 0 Å². The zero-order valence-corrected chi connectivity index (χ0v) is 12.7. The van der Waals surface area contributed by atoms with Gasteiger partial charge in [-0.05, 0) is 46.6 Å². The van der Waals surface area contributed by atoms with Gasteiger partial charge in [-0.15, -0.1) is 11.3 Å². The molecule has 0 aliphatic rings. The Kier molecular flexibility index (Phi) is 3.16. The van der Waals surface area contributed by atoms with E-state index in [0.717, 1.165) is 20.0 Å². The van der Waals surface area contributed by atoms with Crippen molar-refractivity contribution in [3.63, 3.8) is 0 Å². The number of nitrogens with zero attached hydrogens (tertiary/aromatic N) is 2. The zero-order chi connectivity index (χ0) is 13.4. The third-order valence-corrected chi connectivity index (χ3v) is 4.54. The average molecular weight is 334 g/mol. The van der Waals surface area contributed by atoms with Crippen LogP contribution in [-0.4, -0.2) is 9.78 Å². The minimum atomic E-state index is 0.692. The van der Waals surface area contributed by atoms with Crippen LogP contribution in [0.3, 0.4) is 0 Å². The lowest BCUT2D eigenvalue weighted by atomic mass is 10.2. The van der Waals surface area contributed by atoms with Gasteiger partial charge in [0.15, 0.2) is 0 Å². The molecule has 0 saturated heterocycles. The van der Waals surface area contributed by atoms with E-state index < -0.39 is 0 Å². The second kappa shape index (κ2) is 4.83. The summed E-state index contributed by atoms with van der Waals surface area (Å²) in [4.78, 5) is 1.07. The first kappa shape index (κ1) is 12.4. The number of nitrogens with two attached hydrogens (primary N) is 1. The highest BCUT2D eigenvalue weighted by molar-refractivity contribution is 9.11. The Balaban J connectivity index is 2.10. The van der Waals surface area contributed by atoms with Crippen molar-refractivity contribution in [3.8, 4) is 16.3 Å². The molecular formula is C14H12BrN3S. The van der Waals surface area contributed by atoms with Crippen LogP contribution in [0.15, 0.2) is 46.4 Å². The first-order chi connectivity index (χ1) is 9.15. The lowest BCUT2D eigenvalue weighted by Crippen LogP contribution is -1.97. The summed E-state index contributed by atoms with van der Waals surface area (Å²) in [6.07, 6.45) is 1.87. The van der Waals surface area contributed by atoms with Crippen molar-refractivity contribution < 1.29 is 0 Å². The van der Waals surface area contributed by atoms with E-state index in [9.17, 15) is 0 Å². The maximum atomic E-state index is 6.08. The number of para-hydroxylation sites is 1. The Morgan fingerprint density at radius 3 is 2.68 bits per heavy atom. The van der Waals surface area contributed by atoms with Gasteiger partial charge in [-0.3, -0.25) is 0 Å². The fraction of sp³-hybridized carbons (Fsp3) is 0.0714. The molecule has 0 atom stereocenters. The molecule has 0 saturated carbocycles. The number of nitrogen functional groups attached to an aromatic ring is 1. The molecule has 0 aliphatic heterocycles. The number of halogens is 1. The summed E-state index contributed by atoms with van der Waals surface area (Å²) in [6.45, 7) is 2.06. The Morgan fingerprint density at radius 2 is 2.00 bits per heavy atom. The standard InChI is InChI=1S/C14H12BrN3S/c1-9-4-2-3-5-11(9)18-8-10(16)14(17-18)12-6-7-13(15)19-12/h2-8H,16H2,1H3. The van der Waals surface area contributed by atoms with Crippen LogP contribution in [0, 0.1) is 6.92 Å². The summed E-state index contributed by atoms with van der Waals surface area (Å²) >= 11 is 5.09. The van der Waals surface area contributed by atoms with Crippen molar-refractivity contribution in [2.45, 2.75) is 6.92 Å². The number of thiophene rings is 1. The van der Waals surface area contributed by atoms with E-state index >= 15 is 0 Å². The number of hydrogen-bond acceptors (Lipinski definition) is 3. The topological polar surface area (TPSA) is 43.8 Å². The van der Waals surface area contributed by atoms with Crippen molar-refractivity contribution in [3.05, 3.63) is 51.9 Å². The molecule has 96 valence electrons. The molecule has 3 rings (SSSR count). The van der Waals surface area contributed by atoms with Crippen molar-refractivity contribution in [1.29, 1.82) is 0 Å². The lowest BCUT2D eigenvalue weighted by molar-refractivity contribution is 0.877. The quantitative estimate of drug-likeness (QED) is 0.761. The largest absolute Gasteiger partial charge is 0.396 e. The van der Waals surface area contributed by atoms with Gasteiger partial charge in [0.05, 0.1) is 26.2 Å². The van der Waals surface area contributed by atoms with Gasteiger partial charge in [0.1, 0.15) is 5.69 Å². The summed E-state index contributed by atoms with van der Waals surface area (Å²) in [5.74, 6) is 0. The highest BCUT2D eigenvalue weighted by atomic mass is 79.9. The molecule has 3 aromatic rings. The molecule has 0 aliphatic carbocycles. The molecular weight excluding hydrogens is 322 g/mol. The summed E-state index contributed by atoms with van der Waals surface area (Å²) in [5, 5.41) is 4.61. The monoisotopic (exact) mass is 333 g/mol. The van der Waals surface area contributed by atoms with Crippen LogP contribution in [0.2, 0.25) is 0 Å². The van der Waals surface area contributed by atoms with Gasteiger partial charge in [-0.1, -0.05) is 18.2 Å². The summed E-state index contributed by atoms with van der Waals surface area (Å²) in [5.41, 5.74) is 9.82. The molecule has 1 aromatic carbocycles. The third kappa shape index (κ3) is 2.31. The second-order valence-corrected chi connectivity index (χ2v) is 6.73. The van der Waals surface area contributed by atoms with Gasteiger partial charge in [0.25, 0.3) is 0 Å². The van der Waals surface area contributed by atoms with Crippen molar-refractivity contribution in [1.82, 2.24) is 9.78 Å². The first-order valence-electron chi connectivity index (χ1n) is 5.82. The molecule has 19 heavy (non-hydrogen) atoms. The third-order valence-electron chi connectivity index (χ3n) is 2.91. The maximum absolute atomic E-state index is 6.08. The van der Waals surface area contributed by atoms with E-state index in [4.69, 9.17) is 5.73 Å². The normalized spacial score (nSPS) is 10.8. The lowest BCUT2D eigenvalue weighted by Gasteiger charge is -2.04. The Hall–Kier alpha value is -1.59. The number of hydrogen-bond donors (Lipinski definition) is 1. The van der Waals surface area contributed by atoms with Gasteiger partial charge in [-0.2, -0.15) is 5.10 Å². The smallest absolute Gasteiger partial charge is 0.126 e. The van der Waals surface area contributed by atoms with Crippen LogP contribution < -0.4 is 5.73 Å². The number of benzene rings is 1. The van der Waals surface area contributed by atoms with Crippen molar-refractivity contribution in [2.24, 2.45) is 0 Å². The minimum Gasteiger partial charge on any atom is -0.396 e. The first-order valence-corrected chi connectivity index (χ1v) is 7.43. The predicted molar refractivity (Wildman–Crippen MR) is 83.7 cm³/mol. The molecule has 3 nitrogen and oxygen atoms in total. The van der Waals surface area contributed by atoms with Crippen molar-refractivity contribution >= 4 is 33.0 Å². The van der Waals surface area contributed by atoms with Gasteiger partial charge in [0.2, 0.25) is 0 Å². The van der Waals surface area contributed by atoms with Crippen LogP contribution in [-0.2, 0) is 0 Å². The fourth-order valence-corrected chi connectivity index (χ4v) is 3.36. The van der Waals surface area contributed by atoms with Crippen LogP contribution in [0.1, 0.15) is 5.56 Å². The van der Waals surface area contributed by atoms with E-state index in [1.165, 1.54) is 5.56 Å². The summed E-state index contributed by atoms with van der Waals surface area (Å²) < 4.78 is 2.92. The van der Waals surface area contributed by atoms with Crippen molar-refractivity contribution in [2.75, 3.05) is 5.73 Å². The molecule has 0 spiro atoms. The van der Waals surface area contributed by atoms with Crippen LogP contribution in [0.4, 0.5) is 5.69 Å². The highest BCUT2D eigenvalue weighted by Crippen LogP contribution is 2.34. The van der Waals surface area contributed by atoms with Gasteiger partial charge >= 0.3 is 0 Å². The van der Waals surface area contributed by atoms with E-state index in [-0.39, 0.29) is 0 Å². The summed E-state index contributed by atoms with van der Waals surface area (Å²) in [7, 11) is 0. The van der Waals surface area contributed by atoms with E-state index in [0.29, 0.717) is 5.69 Å². The van der Waals surface area contributed by atoms with Gasteiger partial charge in [-0.25, -0.2) is 4.68 Å². The van der Waals surface area contributed by atoms with Crippen LogP contribution in [0.25, 0.3) is 16.3 Å². The zero-order valence-electron chi connectivity index (χ0n) is 10.3. The van der Waals surface area contributed by atoms with Crippen LogP contribution >= 0.6 is 27.3 Å². The molecule has 0 unspecified atom stereocenters. The molecule has 0 fully saturated rings. The number of rotatable bonds is 2. The van der Waals surface area contributed by atoms with E-state index in [1.807, 2.05) is 41.2 Å². The maximum Gasteiger partial charge on any atom is 0.126 e. The Morgan fingerprint density at radius 1 is 1.21 bits per heavy atom. The Bertz CT molecular complexity index is 730. The van der Waals surface area contributed by atoms with E-state index in [1.54, 1.807) is 11.3 Å². The molecule has 2 heterocycles. The molecule has 0 bridgehead atoms. The van der Waals surface area contributed by atoms with E-state index in [2.05, 4.69) is 34.0 Å². The fourth-order valence-electron chi connectivity index (χ4n) is 1.96. The average Bonchev–Trinajstić information content (AvgIpc) is 2.96. The second-order valence-electron chi connectivity index (χ2n) is 4.27. The summed E-state index contributed by atoms with van der Waals surface area (Å²) in [6, 6.07) is 12.1. The van der Waals surface area contributed by atoms with Crippen LogP contribution in [0.5, 0.6) is 0 Å². The minimum absolute atomic E-state index is 0.692. The van der Waals surface area contributed by atoms with Gasteiger partial charge < -0.3 is 5.73 Å². The highest BCUT2D eigenvalue weighted by Gasteiger charge is 2.12. The molecule has 0 radical (unpaired) electrons. The number of anilines is 1. The number of aromatic nitrogens is 2. The molecule has 2 aromatic heterocycles. The number of aryl methyl sites for hydroxylation is 1. The molecule has 0 amide bonds. The molecule has 2 N–H and O–H groups in total. The SMILES string of the molecule is Cc1ccccc1-n1cc(N)c(-c2ccc(Br)s2)n1. The molecule has 5 heteroatoms. The Labute approximate surface area is 123 Å².